The molecule has 0 saturated heterocycles. The summed E-state index contributed by atoms with van der Waals surface area (Å²) in [5, 5.41) is 0.783. The molecule has 0 bridgehead atoms. The number of halogens is 1. The molecule has 2 aromatic rings. The average molecular weight is 342 g/mol. The molecule has 0 N–H and O–H groups in total. The summed E-state index contributed by atoms with van der Waals surface area (Å²) in [7, 11) is 0. The van der Waals surface area contributed by atoms with Gasteiger partial charge in [-0.2, -0.15) is 0 Å². The van der Waals surface area contributed by atoms with E-state index >= 15 is 0 Å². The maximum atomic E-state index is 13.0. The van der Waals surface area contributed by atoms with Crippen LogP contribution in [0.5, 0.6) is 0 Å². The molecule has 0 aliphatic carbocycles. The van der Waals surface area contributed by atoms with Gasteiger partial charge >= 0.3 is 0 Å². The molecule has 1 amide bonds. The van der Waals surface area contributed by atoms with Crippen molar-refractivity contribution in [2.75, 3.05) is 13.1 Å². The quantitative estimate of drug-likeness (QED) is 0.846. The fourth-order valence-corrected chi connectivity index (χ4v) is 3.71. The fourth-order valence-electron chi connectivity index (χ4n) is 2.57. The van der Waals surface area contributed by atoms with Crippen LogP contribution in [0.2, 0.25) is 0 Å². The number of rotatable bonds is 4. The Hall–Kier alpha value is -2.14. The van der Waals surface area contributed by atoms with Crippen molar-refractivity contribution in [3.63, 3.8) is 0 Å². The number of thioether (sulfide) groups is 1. The van der Waals surface area contributed by atoms with Gasteiger partial charge in [0.2, 0.25) is 5.91 Å². The number of amides is 1. The Labute approximate surface area is 145 Å². The third kappa shape index (κ3) is 4.03. The molecule has 5 heteroatoms. The van der Waals surface area contributed by atoms with E-state index in [1.165, 1.54) is 23.3 Å². The topological polar surface area (TPSA) is 32.7 Å². The summed E-state index contributed by atoms with van der Waals surface area (Å²) in [6.45, 7) is 3.35. The van der Waals surface area contributed by atoms with Crippen molar-refractivity contribution < 1.29 is 9.18 Å². The highest BCUT2D eigenvalue weighted by atomic mass is 32.2. The zero-order valence-corrected chi connectivity index (χ0v) is 14.4. The predicted octanol–water partition coefficient (Wildman–Crippen LogP) is 3.81. The second kappa shape index (κ2) is 7.62. The molecule has 3 rings (SSSR count). The van der Waals surface area contributed by atoms with Crippen LogP contribution in [0.4, 0.5) is 4.39 Å². The largest absolute Gasteiger partial charge is 0.289 e. The van der Waals surface area contributed by atoms with Gasteiger partial charge in [-0.25, -0.2) is 4.39 Å². The van der Waals surface area contributed by atoms with Crippen molar-refractivity contribution in [2.45, 2.75) is 19.1 Å². The van der Waals surface area contributed by atoms with Crippen LogP contribution in [0, 0.1) is 12.7 Å². The van der Waals surface area contributed by atoms with E-state index in [-0.39, 0.29) is 18.1 Å². The molecule has 0 unspecified atom stereocenters. The van der Waals surface area contributed by atoms with Gasteiger partial charge in [0.05, 0.1) is 13.0 Å². The number of amidine groups is 1. The van der Waals surface area contributed by atoms with Crippen LogP contribution < -0.4 is 0 Å². The normalized spacial score (nSPS) is 13.9. The van der Waals surface area contributed by atoms with E-state index in [4.69, 9.17) is 0 Å². The van der Waals surface area contributed by atoms with Crippen LogP contribution in [0.1, 0.15) is 16.7 Å². The number of benzene rings is 2. The van der Waals surface area contributed by atoms with Crippen LogP contribution in [-0.2, 0) is 17.0 Å². The Kier molecular flexibility index (Phi) is 5.30. The van der Waals surface area contributed by atoms with E-state index in [1.54, 1.807) is 28.8 Å². The lowest BCUT2D eigenvalue weighted by molar-refractivity contribution is -0.126. The fraction of sp³-hybridized carbons (Fsp3) is 0.263. The van der Waals surface area contributed by atoms with Crippen molar-refractivity contribution in [1.82, 2.24) is 4.90 Å². The first-order chi connectivity index (χ1) is 11.6. The molecule has 2 aromatic carbocycles. The lowest BCUT2D eigenvalue weighted by atomic mass is 10.1. The first-order valence-electron chi connectivity index (χ1n) is 7.90. The van der Waals surface area contributed by atoms with E-state index in [2.05, 4.69) is 24.0 Å². The third-order valence-electron chi connectivity index (χ3n) is 3.99. The molecule has 0 spiro atoms. The van der Waals surface area contributed by atoms with Gasteiger partial charge < -0.3 is 0 Å². The molecular formula is C19H19FN2OS. The number of nitrogens with zero attached hydrogens (tertiary/aromatic N) is 2. The molecule has 0 radical (unpaired) electrons. The monoisotopic (exact) mass is 342 g/mol. The van der Waals surface area contributed by atoms with E-state index in [0.29, 0.717) is 13.1 Å². The average Bonchev–Trinajstić information content (AvgIpc) is 3.05. The molecule has 124 valence electrons. The zero-order chi connectivity index (χ0) is 16.9. The lowest BCUT2D eigenvalue weighted by Crippen LogP contribution is -2.34. The predicted molar refractivity (Wildman–Crippen MR) is 96.6 cm³/mol. The Morgan fingerprint density at radius 2 is 1.96 bits per heavy atom. The maximum Gasteiger partial charge on any atom is 0.233 e. The van der Waals surface area contributed by atoms with Crippen LogP contribution in [0.25, 0.3) is 0 Å². The second-order valence-electron chi connectivity index (χ2n) is 5.73. The Bertz CT molecular complexity index is 758. The van der Waals surface area contributed by atoms with Crippen molar-refractivity contribution >= 4 is 22.8 Å². The molecule has 1 aliphatic heterocycles. The summed E-state index contributed by atoms with van der Waals surface area (Å²) in [5.74, 6) is 0.518. The molecule has 24 heavy (non-hydrogen) atoms. The summed E-state index contributed by atoms with van der Waals surface area (Å²) in [6.07, 6.45) is 0.268. The second-order valence-corrected chi connectivity index (χ2v) is 6.67. The van der Waals surface area contributed by atoms with Gasteiger partial charge in [0.15, 0.2) is 5.17 Å². The minimum Gasteiger partial charge on any atom is -0.289 e. The first-order valence-corrected chi connectivity index (χ1v) is 8.88. The maximum absolute atomic E-state index is 13.0. The van der Waals surface area contributed by atoms with Gasteiger partial charge in [-0.15, -0.1) is 0 Å². The number of carbonyl (C=O) groups is 1. The van der Waals surface area contributed by atoms with Gasteiger partial charge in [-0.05, 0) is 35.7 Å². The summed E-state index contributed by atoms with van der Waals surface area (Å²) in [5.41, 5.74) is 3.31. The molecule has 0 saturated carbocycles. The van der Waals surface area contributed by atoms with Crippen molar-refractivity contribution in [3.8, 4) is 0 Å². The minimum atomic E-state index is -0.289. The van der Waals surface area contributed by atoms with E-state index in [9.17, 15) is 9.18 Å². The van der Waals surface area contributed by atoms with Crippen molar-refractivity contribution in [2.24, 2.45) is 4.99 Å². The standard InChI is InChI=1S/C19H19FN2OS/c1-14-4-2-3-5-16(14)13-24-19-21-10-11-22(19)18(23)12-15-6-8-17(20)9-7-15/h2-9H,10-13H2,1H3. The lowest BCUT2D eigenvalue weighted by Gasteiger charge is -2.18. The van der Waals surface area contributed by atoms with Gasteiger partial charge in [0, 0.05) is 12.3 Å². The molecule has 0 aromatic heterocycles. The van der Waals surface area contributed by atoms with Gasteiger partial charge in [-0.1, -0.05) is 48.2 Å². The van der Waals surface area contributed by atoms with Crippen LogP contribution in [-0.4, -0.2) is 29.1 Å². The molecule has 3 nitrogen and oxygen atoms in total. The number of aryl methyl sites for hydroxylation is 1. The van der Waals surface area contributed by atoms with Gasteiger partial charge in [0.25, 0.3) is 0 Å². The molecule has 0 fully saturated rings. The van der Waals surface area contributed by atoms with Gasteiger partial charge in [0.1, 0.15) is 5.82 Å². The highest BCUT2D eigenvalue weighted by Crippen LogP contribution is 2.22. The Balaban J connectivity index is 1.61. The summed E-state index contributed by atoms with van der Waals surface area (Å²) < 4.78 is 13.0. The highest BCUT2D eigenvalue weighted by Gasteiger charge is 2.24. The molecule has 1 aliphatic rings. The van der Waals surface area contributed by atoms with Crippen LogP contribution in [0.3, 0.4) is 0 Å². The SMILES string of the molecule is Cc1ccccc1CSC1=NCCN1C(=O)Cc1ccc(F)cc1. The number of hydrogen-bond acceptors (Lipinski definition) is 3. The third-order valence-corrected chi connectivity index (χ3v) is 5.05. The van der Waals surface area contributed by atoms with E-state index in [1.807, 2.05) is 12.1 Å². The van der Waals surface area contributed by atoms with E-state index in [0.717, 1.165) is 16.5 Å². The molecule has 1 heterocycles. The summed E-state index contributed by atoms with van der Waals surface area (Å²) in [4.78, 5) is 18.7. The number of carbonyl (C=O) groups excluding carboxylic acids is 1. The van der Waals surface area contributed by atoms with Crippen molar-refractivity contribution in [1.29, 1.82) is 0 Å². The molecular weight excluding hydrogens is 323 g/mol. The van der Waals surface area contributed by atoms with Gasteiger partial charge in [-0.3, -0.25) is 14.7 Å². The van der Waals surface area contributed by atoms with Crippen LogP contribution in [0.15, 0.2) is 53.5 Å². The number of hydrogen-bond donors (Lipinski definition) is 0. The van der Waals surface area contributed by atoms with E-state index < -0.39 is 0 Å². The number of aliphatic imine (C=N–C) groups is 1. The highest BCUT2D eigenvalue weighted by molar-refractivity contribution is 8.13. The summed E-state index contributed by atoms with van der Waals surface area (Å²) >= 11 is 1.60. The minimum absolute atomic E-state index is 0.00939. The Morgan fingerprint density at radius 3 is 2.71 bits per heavy atom. The van der Waals surface area contributed by atoms with Crippen molar-refractivity contribution in [3.05, 3.63) is 71.0 Å². The molecule has 0 atom stereocenters. The Morgan fingerprint density at radius 1 is 1.21 bits per heavy atom. The smallest absolute Gasteiger partial charge is 0.233 e. The summed E-state index contributed by atoms with van der Waals surface area (Å²) in [6, 6.07) is 14.3. The zero-order valence-electron chi connectivity index (χ0n) is 13.5. The van der Waals surface area contributed by atoms with Crippen LogP contribution >= 0.6 is 11.8 Å². The first kappa shape index (κ1) is 16.7.